The zero-order valence-electron chi connectivity index (χ0n) is 32.4. The second kappa shape index (κ2) is 15.0. The van der Waals surface area contributed by atoms with Crippen molar-refractivity contribution in [2.75, 3.05) is 0 Å². The average Bonchev–Trinajstić information content (AvgIpc) is 3.33. The van der Waals surface area contributed by atoms with Gasteiger partial charge in [0.1, 0.15) is 0 Å². The van der Waals surface area contributed by atoms with Crippen LogP contribution in [0.3, 0.4) is 0 Å². The molecule has 1 aliphatic rings. The van der Waals surface area contributed by atoms with Crippen molar-refractivity contribution in [1.82, 2.24) is 24.9 Å². The molecular weight excluding hydrogens is 731 g/mol. The van der Waals surface area contributed by atoms with Crippen LogP contribution in [0.4, 0.5) is 0 Å². The molecule has 0 fully saturated rings. The number of rotatable bonds is 8. The van der Waals surface area contributed by atoms with Crippen molar-refractivity contribution in [2.24, 2.45) is 0 Å². The van der Waals surface area contributed by atoms with Gasteiger partial charge in [0.2, 0.25) is 0 Å². The summed E-state index contributed by atoms with van der Waals surface area (Å²) in [6, 6.07) is 73.4. The Morgan fingerprint density at radius 2 is 0.517 bits per heavy atom. The van der Waals surface area contributed by atoms with Crippen molar-refractivity contribution in [3.63, 3.8) is 0 Å². The molecule has 280 valence electrons. The van der Waals surface area contributed by atoms with Crippen LogP contribution >= 0.6 is 0 Å². The quantitative estimate of drug-likeness (QED) is 0.154. The second-order valence-corrected chi connectivity index (χ2v) is 14.9. The van der Waals surface area contributed by atoms with E-state index in [2.05, 4.69) is 115 Å². The normalized spacial score (nSPS) is 11.3. The van der Waals surface area contributed by atoms with Crippen LogP contribution in [0, 0.1) is 0 Å². The maximum atomic E-state index is 5.13. The fourth-order valence-electron chi connectivity index (χ4n) is 8.19. The Morgan fingerprint density at radius 1 is 0.200 bits per heavy atom. The van der Waals surface area contributed by atoms with Gasteiger partial charge in [0.25, 0.3) is 0 Å². The third-order valence-electron chi connectivity index (χ3n) is 11.1. The number of hydrogen-bond donors (Lipinski definition) is 0. The van der Waals surface area contributed by atoms with E-state index in [0.717, 1.165) is 55.9 Å². The van der Waals surface area contributed by atoms with E-state index in [0.29, 0.717) is 23.3 Å². The Morgan fingerprint density at radius 3 is 1.00 bits per heavy atom. The molecule has 0 aliphatic heterocycles. The molecule has 2 aromatic heterocycles. The first-order chi connectivity index (χ1) is 29.7. The van der Waals surface area contributed by atoms with E-state index in [1.54, 1.807) is 0 Å². The molecule has 0 atom stereocenters. The molecule has 10 aromatic rings. The van der Waals surface area contributed by atoms with Gasteiger partial charge in [-0.05, 0) is 62.7 Å². The summed E-state index contributed by atoms with van der Waals surface area (Å²) < 4.78 is 0. The average molecular weight is 766 g/mol. The predicted octanol–water partition coefficient (Wildman–Crippen LogP) is 13.6. The number of fused-ring (bicyclic) bond motifs is 4. The Labute approximate surface area is 348 Å². The maximum Gasteiger partial charge on any atom is 0.164 e. The van der Waals surface area contributed by atoms with Gasteiger partial charge < -0.3 is 0 Å². The van der Waals surface area contributed by atoms with Gasteiger partial charge >= 0.3 is 0 Å². The minimum Gasteiger partial charge on any atom is -0.228 e. The molecule has 2 heterocycles. The van der Waals surface area contributed by atoms with Gasteiger partial charge in [-0.1, -0.05) is 194 Å². The van der Waals surface area contributed by atoms with Crippen molar-refractivity contribution in [1.29, 1.82) is 0 Å². The Balaban J connectivity index is 0.996. The van der Waals surface area contributed by atoms with E-state index in [1.807, 2.05) is 97.1 Å². The standard InChI is InChI=1S/C55H35N5/c1-5-17-36(18-6-1)48-35-49(57-52(56-48)37-19-7-2-8-20-37)42-27-13-25-40(33-42)44-29-15-31-46-47-32-16-30-45(51(47)50(44)46)41-26-14-28-43(34-41)55-59-53(38-21-9-3-10-22-38)58-54(60-55)39-23-11-4-12-24-39/h1-35H. The van der Waals surface area contributed by atoms with Crippen molar-refractivity contribution in [3.05, 3.63) is 212 Å². The molecule has 1 aliphatic carbocycles. The van der Waals surface area contributed by atoms with Crippen LogP contribution in [-0.4, -0.2) is 24.9 Å². The highest BCUT2D eigenvalue weighted by Gasteiger charge is 2.29. The molecule has 5 nitrogen and oxygen atoms in total. The van der Waals surface area contributed by atoms with E-state index in [9.17, 15) is 0 Å². The van der Waals surface area contributed by atoms with Crippen LogP contribution in [0.2, 0.25) is 0 Å². The summed E-state index contributed by atoms with van der Waals surface area (Å²) in [6.45, 7) is 0. The molecule has 8 aromatic carbocycles. The molecule has 0 bridgehead atoms. The lowest BCUT2D eigenvalue weighted by atomic mass is 9.73. The molecule has 0 spiro atoms. The Hall–Kier alpha value is -8.15. The molecule has 0 saturated heterocycles. The number of benzene rings is 8. The fraction of sp³-hybridized carbons (Fsp3) is 0. The van der Waals surface area contributed by atoms with Gasteiger partial charge in [-0.3, -0.25) is 0 Å². The van der Waals surface area contributed by atoms with E-state index in [1.165, 1.54) is 33.4 Å². The third-order valence-corrected chi connectivity index (χ3v) is 11.1. The minimum absolute atomic E-state index is 0.632. The highest BCUT2D eigenvalue weighted by Crippen LogP contribution is 2.55. The molecule has 0 amide bonds. The number of aromatic nitrogens is 5. The van der Waals surface area contributed by atoms with Crippen molar-refractivity contribution >= 4 is 0 Å². The zero-order valence-corrected chi connectivity index (χ0v) is 32.4. The van der Waals surface area contributed by atoms with Gasteiger partial charge in [-0.25, -0.2) is 24.9 Å². The van der Waals surface area contributed by atoms with Crippen LogP contribution in [0.25, 0.3) is 113 Å². The lowest BCUT2D eigenvalue weighted by molar-refractivity contribution is 1.07. The molecule has 0 saturated carbocycles. The van der Waals surface area contributed by atoms with Crippen molar-refractivity contribution in [3.8, 4) is 113 Å². The third kappa shape index (κ3) is 6.45. The maximum absolute atomic E-state index is 5.13. The molecule has 60 heavy (non-hydrogen) atoms. The Bertz CT molecular complexity index is 2850. The smallest absolute Gasteiger partial charge is 0.164 e. The molecule has 11 rings (SSSR count). The summed E-state index contributed by atoms with van der Waals surface area (Å²) in [5.74, 6) is 2.62. The van der Waals surface area contributed by atoms with E-state index in [-0.39, 0.29) is 0 Å². The van der Waals surface area contributed by atoms with Gasteiger partial charge in [0.15, 0.2) is 23.3 Å². The molecule has 0 radical (unpaired) electrons. The van der Waals surface area contributed by atoms with Crippen LogP contribution in [0.1, 0.15) is 0 Å². The van der Waals surface area contributed by atoms with Crippen LogP contribution in [-0.2, 0) is 0 Å². The van der Waals surface area contributed by atoms with Crippen molar-refractivity contribution in [2.45, 2.75) is 0 Å². The summed E-state index contributed by atoms with van der Waals surface area (Å²) >= 11 is 0. The summed E-state index contributed by atoms with van der Waals surface area (Å²) in [6.07, 6.45) is 0. The van der Waals surface area contributed by atoms with Crippen LogP contribution in [0.15, 0.2) is 212 Å². The number of hydrogen-bond acceptors (Lipinski definition) is 5. The van der Waals surface area contributed by atoms with Gasteiger partial charge in [-0.15, -0.1) is 0 Å². The summed E-state index contributed by atoms with van der Waals surface area (Å²) in [7, 11) is 0. The highest BCUT2D eigenvalue weighted by molar-refractivity contribution is 6.13. The first kappa shape index (κ1) is 35.0. The molecule has 5 heteroatoms. The SMILES string of the molecule is c1ccc(-c2cc(-c3cccc(-c4cccc5c4-c4c(-c6cccc(-c7nc(-c8ccccc8)nc(-c8ccccc8)n7)c6)cccc4-5)c3)nc(-c3ccccc3)n2)cc1. The van der Waals surface area contributed by atoms with Gasteiger partial charge in [0, 0.05) is 33.4 Å². The summed E-state index contributed by atoms with van der Waals surface area (Å²) in [5.41, 5.74) is 17.2. The van der Waals surface area contributed by atoms with Crippen LogP contribution < -0.4 is 0 Å². The second-order valence-electron chi connectivity index (χ2n) is 14.9. The topological polar surface area (TPSA) is 64.5 Å². The zero-order chi connectivity index (χ0) is 39.8. The summed E-state index contributed by atoms with van der Waals surface area (Å²) in [4.78, 5) is 25.1. The first-order valence-corrected chi connectivity index (χ1v) is 20.1. The largest absolute Gasteiger partial charge is 0.228 e. The molecule has 0 N–H and O–H groups in total. The first-order valence-electron chi connectivity index (χ1n) is 20.1. The minimum atomic E-state index is 0.632. The van der Waals surface area contributed by atoms with E-state index < -0.39 is 0 Å². The van der Waals surface area contributed by atoms with E-state index >= 15 is 0 Å². The molecule has 0 unspecified atom stereocenters. The van der Waals surface area contributed by atoms with Crippen molar-refractivity contribution < 1.29 is 0 Å². The Kier molecular flexibility index (Phi) is 8.75. The van der Waals surface area contributed by atoms with Gasteiger partial charge in [0.05, 0.1) is 11.4 Å². The summed E-state index contributed by atoms with van der Waals surface area (Å²) in [5, 5.41) is 0. The lowest BCUT2D eigenvalue weighted by Gasteiger charge is -2.30. The van der Waals surface area contributed by atoms with E-state index in [4.69, 9.17) is 24.9 Å². The predicted molar refractivity (Wildman–Crippen MR) is 243 cm³/mol. The highest BCUT2D eigenvalue weighted by atomic mass is 15.0. The van der Waals surface area contributed by atoms with Crippen LogP contribution in [0.5, 0.6) is 0 Å². The molecular formula is C55H35N5. The fourth-order valence-corrected chi connectivity index (χ4v) is 8.19. The monoisotopic (exact) mass is 765 g/mol. The number of nitrogens with zero attached hydrogens (tertiary/aromatic N) is 5. The van der Waals surface area contributed by atoms with Gasteiger partial charge in [-0.2, -0.15) is 0 Å². The lowest BCUT2D eigenvalue weighted by Crippen LogP contribution is -2.03.